The van der Waals surface area contributed by atoms with Crippen molar-refractivity contribution < 1.29 is 14.7 Å². The van der Waals surface area contributed by atoms with Gasteiger partial charge in [0, 0.05) is 43.7 Å². The van der Waals surface area contributed by atoms with Crippen LogP contribution in [0, 0.1) is 5.92 Å². The van der Waals surface area contributed by atoms with Crippen LogP contribution in [0.25, 0.3) is 10.9 Å². The van der Waals surface area contributed by atoms with Crippen molar-refractivity contribution in [1.82, 2.24) is 9.47 Å². The number of hydrogen-bond acceptors (Lipinski definition) is 2. The Balaban J connectivity index is 1.45. The summed E-state index contributed by atoms with van der Waals surface area (Å²) in [5.74, 6) is -1.53. The molecule has 1 aromatic heterocycles. The Morgan fingerprint density at radius 1 is 0.963 bits per heavy atom. The van der Waals surface area contributed by atoms with Crippen LogP contribution in [0.15, 0.2) is 66.9 Å². The van der Waals surface area contributed by atoms with Crippen LogP contribution >= 0.6 is 0 Å². The van der Waals surface area contributed by atoms with Crippen LogP contribution in [-0.2, 0) is 16.1 Å². The number of para-hydroxylation sites is 1. The molecule has 2 aromatic carbocycles. The van der Waals surface area contributed by atoms with Crippen molar-refractivity contribution in [2.75, 3.05) is 13.1 Å². The van der Waals surface area contributed by atoms with Gasteiger partial charge in [-0.1, -0.05) is 48.5 Å². The normalized spacial score (nSPS) is 19.5. The van der Waals surface area contributed by atoms with Crippen molar-refractivity contribution in [3.8, 4) is 0 Å². The molecule has 2 unspecified atom stereocenters. The minimum atomic E-state index is -0.837. The quantitative estimate of drug-likeness (QED) is 0.757. The molecule has 0 radical (unpaired) electrons. The number of rotatable bonds is 5. The largest absolute Gasteiger partial charge is 0.481 e. The van der Waals surface area contributed by atoms with E-state index in [-0.39, 0.29) is 18.4 Å². The zero-order valence-corrected chi connectivity index (χ0v) is 15.0. The summed E-state index contributed by atoms with van der Waals surface area (Å²) in [7, 11) is 0. The van der Waals surface area contributed by atoms with Crippen LogP contribution < -0.4 is 0 Å². The second-order valence-corrected chi connectivity index (χ2v) is 7.08. The van der Waals surface area contributed by atoms with E-state index in [1.54, 1.807) is 4.90 Å². The van der Waals surface area contributed by atoms with Crippen LogP contribution in [0.3, 0.4) is 0 Å². The molecule has 5 nitrogen and oxygen atoms in total. The lowest BCUT2D eigenvalue weighted by molar-refractivity contribution is -0.141. The lowest BCUT2D eigenvalue weighted by Crippen LogP contribution is -2.30. The summed E-state index contributed by atoms with van der Waals surface area (Å²) in [6.07, 6.45) is 2.36. The van der Waals surface area contributed by atoms with Gasteiger partial charge in [0.25, 0.3) is 0 Å². The summed E-state index contributed by atoms with van der Waals surface area (Å²) in [5.41, 5.74) is 2.09. The van der Waals surface area contributed by atoms with Gasteiger partial charge in [-0.15, -0.1) is 0 Å². The van der Waals surface area contributed by atoms with Gasteiger partial charge in [0.05, 0.1) is 5.92 Å². The summed E-state index contributed by atoms with van der Waals surface area (Å²) < 4.78 is 2.08. The Labute approximate surface area is 157 Å². The van der Waals surface area contributed by atoms with E-state index in [9.17, 15) is 14.7 Å². The summed E-state index contributed by atoms with van der Waals surface area (Å²) in [4.78, 5) is 26.2. The van der Waals surface area contributed by atoms with Crippen LogP contribution in [0.1, 0.15) is 17.9 Å². The smallest absolute Gasteiger partial charge is 0.308 e. The monoisotopic (exact) mass is 362 g/mol. The fraction of sp³-hybridized carbons (Fsp3) is 0.273. The molecule has 0 aliphatic carbocycles. The highest BCUT2D eigenvalue weighted by molar-refractivity contribution is 5.81. The number of carbonyl (C=O) groups is 2. The number of aryl methyl sites for hydroxylation is 1. The fourth-order valence-corrected chi connectivity index (χ4v) is 4.01. The maximum Gasteiger partial charge on any atom is 0.308 e. The highest BCUT2D eigenvalue weighted by Gasteiger charge is 2.40. The molecule has 1 fully saturated rings. The van der Waals surface area contributed by atoms with E-state index in [0.717, 1.165) is 16.5 Å². The highest BCUT2D eigenvalue weighted by Crippen LogP contribution is 2.33. The number of carbonyl (C=O) groups excluding carboxylic acids is 1. The number of hydrogen-bond donors (Lipinski definition) is 1. The van der Waals surface area contributed by atoms with Gasteiger partial charge in [-0.05, 0) is 23.1 Å². The number of amides is 1. The molecule has 0 saturated carbocycles. The lowest BCUT2D eigenvalue weighted by Gasteiger charge is -2.17. The van der Waals surface area contributed by atoms with Gasteiger partial charge in [0.15, 0.2) is 0 Å². The minimum Gasteiger partial charge on any atom is -0.481 e. The van der Waals surface area contributed by atoms with Crippen molar-refractivity contribution in [1.29, 1.82) is 0 Å². The number of fused-ring (bicyclic) bond motifs is 1. The Bertz CT molecular complexity index is 964. The van der Waals surface area contributed by atoms with Crippen molar-refractivity contribution in [3.63, 3.8) is 0 Å². The highest BCUT2D eigenvalue weighted by atomic mass is 16.4. The van der Waals surface area contributed by atoms with Gasteiger partial charge in [0.1, 0.15) is 0 Å². The standard InChI is InChI=1S/C22H22N2O3/c25-21(11-13-23-12-10-17-8-4-5-9-20(17)23)24-14-18(19(15-24)22(26)27)16-6-2-1-3-7-16/h1-10,12,18-19H,11,13-15H2,(H,26,27). The number of aromatic nitrogens is 1. The lowest BCUT2D eigenvalue weighted by atomic mass is 9.89. The molecule has 2 atom stereocenters. The van der Waals surface area contributed by atoms with Crippen LogP contribution in [-0.4, -0.2) is 39.5 Å². The van der Waals surface area contributed by atoms with Crippen LogP contribution in [0.5, 0.6) is 0 Å². The summed E-state index contributed by atoms with van der Waals surface area (Å²) in [6.45, 7) is 1.34. The van der Waals surface area contributed by atoms with E-state index in [0.29, 0.717) is 19.5 Å². The van der Waals surface area contributed by atoms with Crippen molar-refractivity contribution >= 4 is 22.8 Å². The van der Waals surface area contributed by atoms with Crippen molar-refractivity contribution in [2.45, 2.75) is 18.9 Å². The van der Waals surface area contributed by atoms with Crippen LogP contribution in [0.4, 0.5) is 0 Å². The van der Waals surface area contributed by atoms with Gasteiger partial charge in [0.2, 0.25) is 5.91 Å². The molecule has 1 amide bonds. The number of nitrogens with zero attached hydrogens (tertiary/aromatic N) is 2. The van der Waals surface area contributed by atoms with E-state index in [4.69, 9.17) is 0 Å². The molecular formula is C22H22N2O3. The SMILES string of the molecule is O=C(O)C1CN(C(=O)CCn2ccc3ccccc32)CC1c1ccccc1. The first-order chi connectivity index (χ1) is 13.1. The average Bonchev–Trinajstić information content (AvgIpc) is 3.32. The van der Waals surface area contributed by atoms with Gasteiger partial charge in [-0.25, -0.2) is 0 Å². The number of aliphatic carboxylic acids is 1. The van der Waals surface area contributed by atoms with E-state index in [1.165, 1.54) is 0 Å². The summed E-state index contributed by atoms with van der Waals surface area (Å²) in [6, 6.07) is 19.8. The summed E-state index contributed by atoms with van der Waals surface area (Å²) >= 11 is 0. The molecule has 0 spiro atoms. The van der Waals surface area contributed by atoms with Crippen molar-refractivity contribution in [3.05, 3.63) is 72.4 Å². The zero-order chi connectivity index (χ0) is 18.8. The van der Waals surface area contributed by atoms with E-state index < -0.39 is 11.9 Å². The molecule has 2 heterocycles. The van der Waals surface area contributed by atoms with Gasteiger partial charge in [-0.3, -0.25) is 9.59 Å². The fourth-order valence-electron chi connectivity index (χ4n) is 4.01. The van der Waals surface area contributed by atoms with Gasteiger partial charge >= 0.3 is 5.97 Å². The molecule has 27 heavy (non-hydrogen) atoms. The van der Waals surface area contributed by atoms with Crippen LogP contribution in [0.2, 0.25) is 0 Å². The topological polar surface area (TPSA) is 62.5 Å². The molecule has 1 saturated heterocycles. The molecule has 1 aliphatic heterocycles. The molecular weight excluding hydrogens is 340 g/mol. The Morgan fingerprint density at radius 2 is 1.70 bits per heavy atom. The number of benzene rings is 2. The molecule has 4 rings (SSSR count). The average molecular weight is 362 g/mol. The number of likely N-dealkylation sites (tertiary alicyclic amines) is 1. The Hall–Kier alpha value is -3.08. The molecule has 1 N–H and O–H groups in total. The number of carboxylic acids is 1. The van der Waals surface area contributed by atoms with Gasteiger partial charge < -0.3 is 14.6 Å². The zero-order valence-electron chi connectivity index (χ0n) is 15.0. The Morgan fingerprint density at radius 3 is 2.48 bits per heavy atom. The Kier molecular flexibility index (Phi) is 4.67. The first-order valence-corrected chi connectivity index (χ1v) is 9.23. The van der Waals surface area contributed by atoms with Crippen molar-refractivity contribution in [2.24, 2.45) is 5.92 Å². The first-order valence-electron chi connectivity index (χ1n) is 9.23. The molecule has 1 aliphatic rings. The number of carboxylic acid groups (broad SMARTS) is 1. The molecule has 138 valence electrons. The second-order valence-electron chi connectivity index (χ2n) is 7.08. The maximum absolute atomic E-state index is 12.7. The predicted octanol–water partition coefficient (Wildman–Crippen LogP) is 3.36. The third-order valence-corrected chi connectivity index (χ3v) is 5.46. The molecule has 5 heteroatoms. The molecule has 0 bridgehead atoms. The third-order valence-electron chi connectivity index (χ3n) is 5.46. The van der Waals surface area contributed by atoms with Gasteiger partial charge in [-0.2, -0.15) is 0 Å². The third kappa shape index (κ3) is 3.45. The second kappa shape index (κ2) is 7.27. The van der Waals surface area contributed by atoms with E-state index >= 15 is 0 Å². The first kappa shape index (κ1) is 17.3. The maximum atomic E-state index is 12.7. The molecule has 3 aromatic rings. The predicted molar refractivity (Wildman–Crippen MR) is 103 cm³/mol. The minimum absolute atomic E-state index is 0.0115. The summed E-state index contributed by atoms with van der Waals surface area (Å²) in [5, 5.41) is 10.8. The van der Waals surface area contributed by atoms with E-state index in [1.807, 2.05) is 60.8 Å². The van der Waals surface area contributed by atoms with E-state index in [2.05, 4.69) is 10.6 Å².